The number of hydrogen-bond donors (Lipinski definition) is 0. The maximum absolute atomic E-state index is 12.0. The van der Waals surface area contributed by atoms with Crippen molar-refractivity contribution >= 4 is 44.7 Å². The molecule has 0 N–H and O–H groups in total. The minimum Gasteiger partial charge on any atom is -0.467 e. The molecule has 1 atom stereocenters. The number of carbonyl (C=O) groups excluding carboxylic acids is 1. The Balaban J connectivity index is 3.59. The molecule has 0 amide bonds. The highest BCUT2D eigenvalue weighted by Crippen LogP contribution is 2.35. The molecule has 0 bridgehead atoms. The number of rotatable bonds is 5. The number of anilines is 1. The molecule has 22 heavy (non-hydrogen) atoms. The number of methoxy groups -OCH3 is 1. The van der Waals surface area contributed by atoms with Crippen molar-refractivity contribution in [3.63, 3.8) is 0 Å². The van der Waals surface area contributed by atoms with Gasteiger partial charge < -0.3 is 9.64 Å². The highest BCUT2D eigenvalue weighted by molar-refractivity contribution is 9.10. The zero-order valence-electron chi connectivity index (χ0n) is 14.3. The first-order chi connectivity index (χ1) is 10.1. The summed E-state index contributed by atoms with van der Waals surface area (Å²) in [7, 11) is 1.42. The maximum atomic E-state index is 12.0. The first-order valence-corrected chi connectivity index (χ1v) is 8.50. The van der Waals surface area contributed by atoms with E-state index in [2.05, 4.69) is 54.6 Å². The maximum Gasteiger partial charge on any atom is 0.328 e. The van der Waals surface area contributed by atoms with E-state index in [-0.39, 0.29) is 18.1 Å². The summed E-state index contributed by atoms with van der Waals surface area (Å²) in [5.74, 6) is -0.240. The summed E-state index contributed by atoms with van der Waals surface area (Å²) in [5, 5.41) is 0. The van der Waals surface area contributed by atoms with Crippen molar-refractivity contribution in [2.24, 2.45) is 0 Å². The lowest BCUT2D eigenvalue weighted by Gasteiger charge is -2.36. The minimum atomic E-state index is -0.359. The number of esters is 1. The number of benzene rings is 1. The fourth-order valence-corrected chi connectivity index (χ4v) is 4.27. The molecule has 122 valence electrons. The summed E-state index contributed by atoms with van der Waals surface area (Å²) in [6.45, 7) is 12.0. The zero-order chi connectivity index (χ0) is 17.2. The Morgan fingerprint density at radius 3 is 2.27 bits per heavy atom. The van der Waals surface area contributed by atoms with Crippen LogP contribution in [0.25, 0.3) is 0 Å². The highest BCUT2D eigenvalue weighted by atomic mass is 79.9. The number of aryl methyl sites for hydroxylation is 1. The highest BCUT2D eigenvalue weighted by Gasteiger charge is 2.28. The lowest BCUT2D eigenvalue weighted by atomic mass is 9.97. The topological polar surface area (TPSA) is 29.5 Å². The van der Waals surface area contributed by atoms with Gasteiger partial charge in [-0.15, -0.1) is 0 Å². The van der Waals surface area contributed by atoms with Gasteiger partial charge in [-0.25, -0.2) is 4.79 Å². The van der Waals surface area contributed by atoms with Gasteiger partial charge in [-0.2, -0.15) is 0 Å². The molecule has 0 saturated carbocycles. The second-order valence-electron chi connectivity index (χ2n) is 5.78. The predicted octanol–water partition coefficient (Wildman–Crippen LogP) is 4.58. The monoisotopic (exact) mass is 385 g/mol. The summed E-state index contributed by atoms with van der Waals surface area (Å²) >= 11 is 8.99. The van der Waals surface area contributed by atoms with Gasteiger partial charge in [0.15, 0.2) is 0 Å². The van der Waals surface area contributed by atoms with E-state index in [0.717, 1.165) is 31.7 Å². The third-order valence-corrected chi connectivity index (χ3v) is 4.64. The Morgan fingerprint density at radius 1 is 1.32 bits per heavy atom. The number of nitrogens with zero attached hydrogens (tertiary/aromatic N) is 1. The number of carbonyl (C=O) groups is 1. The van der Waals surface area contributed by atoms with Gasteiger partial charge in [-0.1, -0.05) is 28.1 Å². The summed E-state index contributed by atoms with van der Waals surface area (Å²) in [5.41, 5.74) is 4.27. The molecule has 1 unspecified atom stereocenters. The quantitative estimate of drug-likeness (QED) is 0.421. The van der Waals surface area contributed by atoms with Gasteiger partial charge in [-0.3, -0.25) is 0 Å². The number of hydrogen-bond acceptors (Lipinski definition) is 4. The molecule has 1 aromatic carbocycles. The largest absolute Gasteiger partial charge is 0.467 e. The van der Waals surface area contributed by atoms with Crippen molar-refractivity contribution in [2.75, 3.05) is 12.0 Å². The lowest BCUT2D eigenvalue weighted by Crippen LogP contribution is -2.45. The van der Waals surface area contributed by atoms with Gasteiger partial charge in [0.2, 0.25) is 0 Å². The molecule has 0 heterocycles. The van der Waals surface area contributed by atoms with Gasteiger partial charge in [-0.05, 0) is 58.7 Å². The molecule has 0 aromatic heterocycles. The second-order valence-corrected chi connectivity index (χ2v) is 7.25. The lowest BCUT2D eigenvalue weighted by molar-refractivity contribution is -0.141. The van der Waals surface area contributed by atoms with Crippen molar-refractivity contribution in [1.29, 1.82) is 0 Å². The SMILES string of the molecule is COC(=O)C(C)N(c1c(C)cc(Br)c(C(C)=S)c1C)C(C)C. The summed E-state index contributed by atoms with van der Waals surface area (Å²) in [4.78, 5) is 15.0. The molecule has 1 rings (SSSR count). The summed E-state index contributed by atoms with van der Waals surface area (Å²) in [6.07, 6.45) is 0. The third-order valence-electron chi connectivity index (χ3n) is 3.81. The van der Waals surface area contributed by atoms with E-state index in [4.69, 9.17) is 17.0 Å². The van der Waals surface area contributed by atoms with Crippen LogP contribution >= 0.6 is 28.1 Å². The van der Waals surface area contributed by atoms with E-state index in [9.17, 15) is 4.79 Å². The Kier molecular flexibility index (Phi) is 6.56. The Labute approximate surface area is 147 Å². The van der Waals surface area contributed by atoms with Crippen molar-refractivity contribution in [3.05, 3.63) is 27.2 Å². The van der Waals surface area contributed by atoms with Crippen molar-refractivity contribution < 1.29 is 9.53 Å². The van der Waals surface area contributed by atoms with E-state index < -0.39 is 0 Å². The minimum absolute atomic E-state index is 0.158. The van der Waals surface area contributed by atoms with Crippen LogP contribution in [0.1, 0.15) is 44.4 Å². The molecule has 1 aromatic rings. The van der Waals surface area contributed by atoms with E-state index in [0.29, 0.717) is 0 Å². The number of thiocarbonyl (C=S) groups is 1. The van der Waals surface area contributed by atoms with Crippen LogP contribution in [-0.2, 0) is 9.53 Å². The summed E-state index contributed by atoms with van der Waals surface area (Å²) < 4.78 is 5.92. The van der Waals surface area contributed by atoms with Crippen LogP contribution in [0.15, 0.2) is 10.5 Å². The van der Waals surface area contributed by atoms with Gasteiger partial charge in [0, 0.05) is 26.6 Å². The van der Waals surface area contributed by atoms with Crippen LogP contribution in [0.5, 0.6) is 0 Å². The molecule has 0 spiro atoms. The smallest absolute Gasteiger partial charge is 0.328 e. The average molecular weight is 386 g/mol. The number of halogens is 1. The van der Waals surface area contributed by atoms with Gasteiger partial charge >= 0.3 is 5.97 Å². The van der Waals surface area contributed by atoms with Gasteiger partial charge in [0.1, 0.15) is 6.04 Å². The third kappa shape index (κ3) is 3.69. The fraction of sp³-hybridized carbons (Fsp3) is 0.529. The molecule has 3 nitrogen and oxygen atoms in total. The van der Waals surface area contributed by atoms with E-state index in [1.54, 1.807) is 0 Å². The van der Waals surface area contributed by atoms with E-state index >= 15 is 0 Å². The number of ether oxygens (including phenoxy) is 1. The zero-order valence-corrected chi connectivity index (χ0v) is 16.7. The van der Waals surface area contributed by atoms with E-state index in [1.807, 2.05) is 13.8 Å². The average Bonchev–Trinajstić information content (AvgIpc) is 2.40. The Bertz CT molecular complexity index is 599. The van der Waals surface area contributed by atoms with Crippen molar-refractivity contribution in [2.45, 2.75) is 53.6 Å². The van der Waals surface area contributed by atoms with Gasteiger partial charge in [0.05, 0.1) is 7.11 Å². The van der Waals surface area contributed by atoms with Crippen LogP contribution in [0.4, 0.5) is 5.69 Å². The normalized spacial score (nSPS) is 12.2. The second kappa shape index (κ2) is 7.55. The molecule has 0 aliphatic heterocycles. The Morgan fingerprint density at radius 2 is 1.86 bits per heavy atom. The first-order valence-electron chi connectivity index (χ1n) is 7.30. The fourth-order valence-electron chi connectivity index (χ4n) is 2.94. The molecule has 0 fully saturated rings. The molecular weight excluding hydrogens is 362 g/mol. The van der Waals surface area contributed by atoms with Gasteiger partial charge in [0.25, 0.3) is 0 Å². The van der Waals surface area contributed by atoms with Crippen LogP contribution in [0.3, 0.4) is 0 Å². The van der Waals surface area contributed by atoms with Crippen LogP contribution in [0, 0.1) is 13.8 Å². The molecule has 0 radical (unpaired) electrons. The molecule has 0 aliphatic carbocycles. The van der Waals surface area contributed by atoms with Crippen molar-refractivity contribution in [1.82, 2.24) is 0 Å². The molecule has 0 aliphatic rings. The molecule has 5 heteroatoms. The van der Waals surface area contributed by atoms with Crippen LogP contribution < -0.4 is 4.90 Å². The molecule has 0 saturated heterocycles. The summed E-state index contributed by atoms with van der Waals surface area (Å²) in [6, 6.07) is 1.86. The Hall–Kier alpha value is -0.940. The van der Waals surface area contributed by atoms with E-state index in [1.165, 1.54) is 7.11 Å². The van der Waals surface area contributed by atoms with Crippen LogP contribution in [0.2, 0.25) is 0 Å². The standard InChI is InChI=1S/C17H24BrNO2S/c1-9(2)19(12(5)17(20)21-7)16-10(3)8-14(18)15(11(16)4)13(6)22/h8-9,12H,1-7H3. The first kappa shape index (κ1) is 19.1. The van der Waals surface area contributed by atoms with Crippen molar-refractivity contribution in [3.8, 4) is 0 Å². The molecular formula is C17H24BrNO2S. The van der Waals surface area contributed by atoms with Crippen LogP contribution in [-0.4, -0.2) is 30.0 Å². The predicted molar refractivity (Wildman–Crippen MR) is 100 cm³/mol.